The van der Waals surface area contributed by atoms with Crippen molar-refractivity contribution in [3.63, 3.8) is 0 Å². The Hall–Kier alpha value is -2.03. The van der Waals surface area contributed by atoms with Gasteiger partial charge in [-0.3, -0.25) is 4.79 Å². The van der Waals surface area contributed by atoms with Crippen LogP contribution in [0, 0.1) is 6.92 Å². The predicted octanol–water partition coefficient (Wildman–Crippen LogP) is 2.62. The van der Waals surface area contributed by atoms with Crippen LogP contribution in [0.4, 0.5) is 0 Å². The van der Waals surface area contributed by atoms with Crippen LogP contribution in [0.3, 0.4) is 0 Å². The van der Waals surface area contributed by atoms with Gasteiger partial charge in [0.15, 0.2) is 5.43 Å². The molecule has 0 aliphatic carbocycles. The second-order valence-corrected chi connectivity index (χ2v) is 3.50. The molecule has 0 unspecified atom stereocenters. The normalized spacial score (nSPS) is 10.1. The third-order valence-electron chi connectivity index (χ3n) is 2.26. The number of rotatable bonds is 2. The van der Waals surface area contributed by atoms with E-state index in [1.165, 1.54) is 12.1 Å². The minimum Gasteiger partial charge on any atom is -0.497 e. The van der Waals surface area contributed by atoms with Gasteiger partial charge in [-0.05, 0) is 31.2 Å². The lowest BCUT2D eigenvalue weighted by molar-refractivity contribution is 0.415. The lowest BCUT2D eigenvalue weighted by atomic mass is 10.1. The molecule has 82 valence electrons. The van der Waals surface area contributed by atoms with E-state index in [0.29, 0.717) is 11.5 Å². The average Bonchev–Trinajstić information content (AvgIpc) is 2.28. The summed E-state index contributed by atoms with van der Waals surface area (Å²) in [7, 11) is 1.61. The zero-order chi connectivity index (χ0) is 11.5. The Labute approximate surface area is 93.3 Å². The quantitative estimate of drug-likeness (QED) is 0.774. The van der Waals surface area contributed by atoms with Gasteiger partial charge in [0, 0.05) is 17.7 Å². The first kappa shape index (κ1) is 10.5. The van der Waals surface area contributed by atoms with E-state index in [4.69, 9.17) is 9.15 Å². The van der Waals surface area contributed by atoms with E-state index in [2.05, 4.69) is 0 Å². The first-order chi connectivity index (χ1) is 7.69. The van der Waals surface area contributed by atoms with Crippen LogP contribution in [0.1, 0.15) is 5.76 Å². The largest absolute Gasteiger partial charge is 0.497 e. The Morgan fingerprint density at radius 3 is 2.38 bits per heavy atom. The molecule has 0 atom stereocenters. The van der Waals surface area contributed by atoms with Crippen molar-refractivity contribution in [2.45, 2.75) is 6.92 Å². The Bertz CT molecular complexity index is 538. The molecule has 0 bridgehead atoms. The summed E-state index contributed by atoms with van der Waals surface area (Å²) in [5.74, 6) is 1.96. The summed E-state index contributed by atoms with van der Waals surface area (Å²) in [6, 6.07) is 10.3. The van der Waals surface area contributed by atoms with Crippen LogP contribution in [-0.4, -0.2) is 7.11 Å². The molecule has 0 spiro atoms. The van der Waals surface area contributed by atoms with Crippen LogP contribution >= 0.6 is 0 Å². The summed E-state index contributed by atoms with van der Waals surface area (Å²) >= 11 is 0. The third kappa shape index (κ3) is 2.14. The molecule has 16 heavy (non-hydrogen) atoms. The van der Waals surface area contributed by atoms with Gasteiger partial charge < -0.3 is 9.15 Å². The van der Waals surface area contributed by atoms with Crippen LogP contribution in [0.2, 0.25) is 0 Å². The summed E-state index contributed by atoms with van der Waals surface area (Å²) in [6.45, 7) is 1.76. The van der Waals surface area contributed by atoms with E-state index in [1.54, 1.807) is 14.0 Å². The number of hydrogen-bond acceptors (Lipinski definition) is 3. The predicted molar refractivity (Wildman–Crippen MR) is 61.7 cm³/mol. The molecule has 2 aromatic rings. The number of methoxy groups -OCH3 is 1. The number of ether oxygens (including phenoxy) is 1. The molecule has 1 aromatic heterocycles. The van der Waals surface area contributed by atoms with Gasteiger partial charge in [-0.15, -0.1) is 0 Å². The maximum Gasteiger partial charge on any atom is 0.185 e. The van der Waals surface area contributed by atoms with Gasteiger partial charge in [0.2, 0.25) is 0 Å². The maximum absolute atomic E-state index is 11.3. The molecule has 1 heterocycles. The van der Waals surface area contributed by atoms with E-state index >= 15 is 0 Å². The van der Waals surface area contributed by atoms with Crippen LogP contribution in [0.25, 0.3) is 11.3 Å². The van der Waals surface area contributed by atoms with Crippen molar-refractivity contribution in [3.8, 4) is 17.1 Å². The van der Waals surface area contributed by atoms with Crippen molar-refractivity contribution in [1.82, 2.24) is 0 Å². The Morgan fingerprint density at radius 2 is 1.81 bits per heavy atom. The van der Waals surface area contributed by atoms with Gasteiger partial charge >= 0.3 is 0 Å². The van der Waals surface area contributed by atoms with Crippen LogP contribution in [0.5, 0.6) is 5.75 Å². The molecular weight excluding hydrogens is 204 g/mol. The fourth-order valence-corrected chi connectivity index (χ4v) is 1.50. The Morgan fingerprint density at radius 1 is 1.12 bits per heavy atom. The molecule has 0 saturated heterocycles. The molecule has 0 amide bonds. The SMILES string of the molecule is COc1ccc(-c2cc(=O)cc(C)o2)cc1. The monoisotopic (exact) mass is 216 g/mol. The average molecular weight is 216 g/mol. The van der Waals surface area contributed by atoms with Crippen molar-refractivity contribution in [1.29, 1.82) is 0 Å². The van der Waals surface area contributed by atoms with E-state index in [0.717, 1.165) is 11.3 Å². The van der Waals surface area contributed by atoms with Gasteiger partial charge in [-0.1, -0.05) is 0 Å². The molecule has 0 saturated carbocycles. The Balaban J connectivity index is 2.46. The molecule has 0 aliphatic rings. The summed E-state index contributed by atoms with van der Waals surface area (Å²) in [6.07, 6.45) is 0. The van der Waals surface area contributed by atoms with E-state index in [9.17, 15) is 4.79 Å². The molecule has 0 aliphatic heterocycles. The fraction of sp³-hybridized carbons (Fsp3) is 0.154. The lowest BCUT2D eigenvalue weighted by Gasteiger charge is -2.03. The highest BCUT2D eigenvalue weighted by molar-refractivity contribution is 5.58. The molecule has 0 radical (unpaired) electrons. The van der Waals surface area contributed by atoms with Crippen molar-refractivity contribution in [3.05, 3.63) is 52.4 Å². The molecule has 3 heteroatoms. The topological polar surface area (TPSA) is 39.4 Å². The molecule has 2 rings (SSSR count). The minimum absolute atomic E-state index is 0.0467. The Kier molecular flexibility index (Phi) is 2.77. The van der Waals surface area contributed by atoms with E-state index in [1.807, 2.05) is 24.3 Å². The van der Waals surface area contributed by atoms with Crippen LogP contribution in [0.15, 0.2) is 45.6 Å². The lowest BCUT2D eigenvalue weighted by Crippen LogP contribution is -1.98. The summed E-state index contributed by atoms with van der Waals surface area (Å²) < 4.78 is 10.5. The fourth-order valence-electron chi connectivity index (χ4n) is 1.50. The van der Waals surface area contributed by atoms with Crippen LogP contribution in [-0.2, 0) is 0 Å². The zero-order valence-electron chi connectivity index (χ0n) is 9.19. The number of aryl methyl sites for hydroxylation is 1. The van der Waals surface area contributed by atoms with Crippen molar-refractivity contribution < 1.29 is 9.15 Å². The van der Waals surface area contributed by atoms with Crippen LogP contribution < -0.4 is 10.2 Å². The van der Waals surface area contributed by atoms with E-state index in [-0.39, 0.29) is 5.43 Å². The third-order valence-corrected chi connectivity index (χ3v) is 2.26. The minimum atomic E-state index is -0.0467. The van der Waals surface area contributed by atoms with Crippen molar-refractivity contribution in [2.24, 2.45) is 0 Å². The zero-order valence-corrected chi connectivity index (χ0v) is 9.19. The molecule has 0 N–H and O–H groups in total. The standard InChI is InChI=1S/C13H12O3/c1-9-7-11(14)8-13(16-9)10-3-5-12(15-2)6-4-10/h3-8H,1-2H3. The molecule has 3 nitrogen and oxygen atoms in total. The van der Waals surface area contributed by atoms with Crippen molar-refractivity contribution >= 4 is 0 Å². The molecule has 1 aromatic carbocycles. The maximum atomic E-state index is 11.3. The summed E-state index contributed by atoms with van der Waals surface area (Å²) in [5.41, 5.74) is 0.816. The number of hydrogen-bond donors (Lipinski definition) is 0. The smallest absolute Gasteiger partial charge is 0.185 e. The second-order valence-electron chi connectivity index (χ2n) is 3.50. The first-order valence-corrected chi connectivity index (χ1v) is 4.95. The van der Waals surface area contributed by atoms with Gasteiger partial charge in [0.1, 0.15) is 17.3 Å². The highest BCUT2D eigenvalue weighted by Crippen LogP contribution is 2.21. The highest BCUT2D eigenvalue weighted by Gasteiger charge is 2.02. The summed E-state index contributed by atoms with van der Waals surface area (Å²) in [4.78, 5) is 11.3. The second kappa shape index (κ2) is 4.23. The van der Waals surface area contributed by atoms with Gasteiger partial charge in [0.05, 0.1) is 7.11 Å². The molecule has 0 fully saturated rings. The number of benzene rings is 1. The summed E-state index contributed by atoms with van der Waals surface area (Å²) in [5, 5.41) is 0. The van der Waals surface area contributed by atoms with E-state index < -0.39 is 0 Å². The first-order valence-electron chi connectivity index (χ1n) is 4.95. The van der Waals surface area contributed by atoms with Gasteiger partial charge in [-0.25, -0.2) is 0 Å². The molecular formula is C13H12O3. The highest BCUT2D eigenvalue weighted by atomic mass is 16.5. The van der Waals surface area contributed by atoms with Gasteiger partial charge in [0.25, 0.3) is 0 Å². The van der Waals surface area contributed by atoms with Gasteiger partial charge in [-0.2, -0.15) is 0 Å². The van der Waals surface area contributed by atoms with Crippen molar-refractivity contribution in [2.75, 3.05) is 7.11 Å².